The monoisotopic (exact) mass is 382 g/mol. The van der Waals surface area contributed by atoms with Crippen LogP contribution in [0.2, 0.25) is 0 Å². The highest BCUT2D eigenvalue weighted by Gasteiger charge is 2.22. The summed E-state index contributed by atoms with van der Waals surface area (Å²) in [6, 6.07) is 20.2. The van der Waals surface area contributed by atoms with E-state index in [1.54, 1.807) is 36.7 Å². The lowest BCUT2D eigenvalue weighted by Gasteiger charge is -2.25. The van der Waals surface area contributed by atoms with Gasteiger partial charge in [-0.25, -0.2) is 8.42 Å². The van der Waals surface area contributed by atoms with Crippen LogP contribution in [0.4, 0.5) is 5.69 Å². The topological polar surface area (TPSA) is 59.5 Å². The highest BCUT2D eigenvalue weighted by atomic mass is 32.2. The van der Waals surface area contributed by atoms with Crippen LogP contribution in [-0.4, -0.2) is 19.2 Å². The summed E-state index contributed by atoms with van der Waals surface area (Å²) in [5.74, 6) is 1.36. The summed E-state index contributed by atoms with van der Waals surface area (Å²) in [4.78, 5) is 4.09. The van der Waals surface area contributed by atoms with Crippen molar-refractivity contribution in [1.82, 2.24) is 4.98 Å². The van der Waals surface area contributed by atoms with Crippen LogP contribution in [0.25, 0.3) is 0 Å². The summed E-state index contributed by atoms with van der Waals surface area (Å²) in [5, 5.41) is 0. The van der Waals surface area contributed by atoms with Crippen molar-refractivity contribution < 1.29 is 13.2 Å². The Balaban J connectivity index is 1.93. The van der Waals surface area contributed by atoms with Gasteiger partial charge in [-0.3, -0.25) is 9.29 Å². The molecule has 3 aromatic rings. The van der Waals surface area contributed by atoms with Gasteiger partial charge in [-0.15, -0.1) is 0 Å². The number of benzene rings is 2. The summed E-state index contributed by atoms with van der Waals surface area (Å²) < 4.78 is 33.0. The maximum atomic E-state index is 12.9. The van der Waals surface area contributed by atoms with Crippen LogP contribution >= 0.6 is 0 Å². The predicted octanol–water partition coefficient (Wildman–Crippen LogP) is 4.62. The van der Waals surface area contributed by atoms with Gasteiger partial charge in [-0.2, -0.15) is 0 Å². The third kappa shape index (κ3) is 5.08. The summed E-state index contributed by atoms with van der Waals surface area (Å²) in [6.45, 7) is 2.08. The van der Waals surface area contributed by atoms with E-state index in [-0.39, 0.29) is 12.3 Å². The van der Waals surface area contributed by atoms with Crippen LogP contribution in [0.15, 0.2) is 79.1 Å². The highest BCUT2D eigenvalue weighted by Crippen LogP contribution is 2.28. The number of rotatable bonds is 8. The molecule has 0 aliphatic carbocycles. The molecule has 0 atom stereocenters. The van der Waals surface area contributed by atoms with Gasteiger partial charge >= 0.3 is 0 Å². The minimum absolute atomic E-state index is 0.0804. The quantitative estimate of drug-likeness (QED) is 0.570. The van der Waals surface area contributed by atoms with E-state index in [9.17, 15) is 8.42 Å². The summed E-state index contributed by atoms with van der Waals surface area (Å²) in [5.41, 5.74) is 1.40. The van der Waals surface area contributed by atoms with Crippen LogP contribution in [-0.2, 0) is 16.6 Å². The van der Waals surface area contributed by atoms with Crippen molar-refractivity contribution in [3.05, 3.63) is 84.7 Å². The van der Waals surface area contributed by atoms with Crippen molar-refractivity contribution in [2.24, 2.45) is 0 Å². The van der Waals surface area contributed by atoms with Crippen LogP contribution in [0, 0.1) is 0 Å². The third-order valence-corrected chi connectivity index (χ3v) is 5.87. The highest BCUT2D eigenvalue weighted by molar-refractivity contribution is 7.92. The molecule has 1 heterocycles. The van der Waals surface area contributed by atoms with Gasteiger partial charge < -0.3 is 4.74 Å². The van der Waals surface area contributed by atoms with Crippen LogP contribution < -0.4 is 9.04 Å². The molecule has 0 bridgehead atoms. The molecule has 5 nitrogen and oxygen atoms in total. The maximum absolute atomic E-state index is 12.9. The first-order valence-corrected chi connectivity index (χ1v) is 10.4. The number of hydrogen-bond donors (Lipinski definition) is 0. The third-order valence-electron chi connectivity index (χ3n) is 3.93. The molecule has 0 N–H and O–H groups in total. The van der Waals surface area contributed by atoms with Gasteiger partial charge in [0.1, 0.15) is 11.5 Å². The number of aromatic nitrogens is 1. The lowest BCUT2D eigenvalue weighted by atomic mass is 10.2. The van der Waals surface area contributed by atoms with E-state index in [1.165, 1.54) is 4.31 Å². The predicted molar refractivity (Wildman–Crippen MR) is 107 cm³/mol. The smallest absolute Gasteiger partial charge is 0.235 e. The maximum Gasteiger partial charge on any atom is 0.235 e. The largest absolute Gasteiger partial charge is 0.457 e. The standard InChI is InChI=1S/C21H22N2O3S/c1-2-14-27(24,25)23(17-18-8-7-13-22-16-18)19-9-6-12-21(15-19)26-20-10-4-3-5-11-20/h3-13,15-16H,2,14,17H2,1H3. The first kappa shape index (κ1) is 18.9. The van der Waals surface area contributed by atoms with Crippen LogP contribution in [0.3, 0.4) is 0 Å². The van der Waals surface area contributed by atoms with Crippen molar-refractivity contribution >= 4 is 15.7 Å². The van der Waals surface area contributed by atoms with Gasteiger partial charge in [0, 0.05) is 18.5 Å². The molecule has 0 aliphatic heterocycles. The Morgan fingerprint density at radius 3 is 2.44 bits per heavy atom. The van der Waals surface area contributed by atoms with Gasteiger partial charge in [0.25, 0.3) is 0 Å². The van der Waals surface area contributed by atoms with Crippen molar-refractivity contribution in [1.29, 1.82) is 0 Å². The molecule has 6 heteroatoms. The Morgan fingerprint density at radius 1 is 0.963 bits per heavy atom. The summed E-state index contributed by atoms with van der Waals surface area (Å²) in [7, 11) is -3.46. The number of hydrogen-bond acceptors (Lipinski definition) is 4. The molecular weight excluding hydrogens is 360 g/mol. The average molecular weight is 382 g/mol. The number of pyridine rings is 1. The first-order valence-electron chi connectivity index (χ1n) is 8.81. The van der Waals surface area contributed by atoms with E-state index in [1.807, 2.05) is 49.4 Å². The molecule has 140 valence electrons. The fourth-order valence-electron chi connectivity index (χ4n) is 2.70. The molecule has 0 spiro atoms. The SMILES string of the molecule is CCCS(=O)(=O)N(Cc1cccnc1)c1cccc(Oc2ccccc2)c1. The molecule has 0 saturated heterocycles. The van der Waals surface area contributed by atoms with E-state index in [0.717, 1.165) is 5.56 Å². The summed E-state index contributed by atoms with van der Waals surface area (Å²) >= 11 is 0. The summed E-state index contributed by atoms with van der Waals surface area (Å²) in [6.07, 6.45) is 3.90. The number of nitrogens with zero attached hydrogens (tertiary/aromatic N) is 2. The van der Waals surface area contributed by atoms with Gasteiger partial charge in [0.05, 0.1) is 18.0 Å². The molecule has 0 amide bonds. The number of anilines is 1. The van der Waals surface area contributed by atoms with Crippen molar-refractivity contribution in [2.45, 2.75) is 19.9 Å². The molecule has 0 radical (unpaired) electrons. The second-order valence-corrected chi connectivity index (χ2v) is 8.11. The second kappa shape index (κ2) is 8.68. The number of ether oxygens (including phenoxy) is 1. The van der Waals surface area contributed by atoms with Crippen molar-refractivity contribution in [2.75, 3.05) is 10.1 Å². The lowest BCUT2D eigenvalue weighted by molar-refractivity contribution is 0.483. The first-order chi connectivity index (χ1) is 13.1. The Morgan fingerprint density at radius 2 is 1.74 bits per heavy atom. The molecule has 0 aliphatic rings. The molecule has 2 aromatic carbocycles. The van der Waals surface area contributed by atoms with Crippen LogP contribution in [0.1, 0.15) is 18.9 Å². The molecule has 0 unspecified atom stereocenters. The van der Waals surface area contributed by atoms with Crippen molar-refractivity contribution in [3.8, 4) is 11.5 Å². The van der Waals surface area contributed by atoms with E-state index < -0.39 is 10.0 Å². The van der Waals surface area contributed by atoms with E-state index >= 15 is 0 Å². The molecule has 3 rings (SSSR count). The van der Waals surface area contributed by atoms with Gasteiger partial charge in [0.2, 0.25) is 10.0 Å². The average Bonchev–Trinajstić information content (AvgIpc) is 2.68. The number of sulfonamides is 1. The Kier molecular flexibility index (Phi) is 6.08. The molecule has 0 fully saturated rings. The lowest BCUT2D eigenvalue weighted by Crippen LogP contribution is -2.32. The fourth-order valence-corrected chi connectivity index (χ4v) is 4.22. The fraction of sp³-hybridized carbons (Fsp3) is 0.190. The molecule has 0 saturated carbocycles. The molecule has 27 heavy (non-hydrogen) atoms. The van der Waals surface area contributed by atoms with Crippen LogP contribution in [0.5, 0.6) is 11.5 Å². The van der Waals surface area contributed by atoms with E-state index in [4.69, 9.17) is 4.74 Å². The van der Waals surface area contributed by atoms with Gasteiger partial charge in [-0.1, -0.05) is 37.3 Å². The molecular formula is C21H22N2O3S. The minimum atomic E-state index is -3.46. The normalized spacial score (nSPS) is 11.1. The van der Waals surface area contributed by atoms with E-state index in [0.29, 0.717) is 23.6 Å². The zero-order valence-electron chi connectivity index (χ0n) is 15.2. The molecule has 1 aromatic heterocycles. The Hall–Kier alpha value is -2.86. The van der Waals surface area contributed by atoms with E-state index in [2.05, 4.69) is 4.98 Å². The van der Waals surface area contributed by atoms with Gasteiger partial charge in [0.15, 0.2) is 0 Å². The van der Waals surface area contributed by atoms with Crippen molar-refractivity contribution in [3.63, 3.8) is 0 Å². The Labute approximate surface area is 160 Å². The second-order valence-electron chi connectivity index (χ2n) is 6.10. The van der Waals surface area contributed by atoms with Gasteiger partial charge in [-0.05, 0) is 42.3 Å². The zero-order chi connectivity index (χ0) is 19.1. The minimum Gasteiger partial charge on any atom is -0.457 e. The number of para-hydroxylation sites is 1. The Bertz CT molecular complexity index is 961. The zero-order valence-corrected chi connectivity index (χ0v) is 16.0.